The number of hydrogen-bond acceptors (Lipinski definition) is 4. The second-order valence-corrected chi connectivity index (χ2v) is 7.07. The molecule has 0 aromatic carbocycles. The maximum Gasteiger partial charge on any atom is 0.266 e. The number of nitrogens with one attached hydrogen (secondary N) is 2. The Morgan fingerprint density at radius 2 is 2.20 bits per heavy atom. The van der Waals surface area contributed by atoms with Crippen molar-refractivity contribution in [3.05, 3.63) is 27.6 Å². The Hall–Kier alpha value is -1.38. The van der Waals surface area contributed by atoms with E-state index in [2.05, 4.69) is 10.3 Å². The van der Waals surface area contributed by atoms with Gasteiger partial charge in [-0.2, -0.15) is 4.31 Å². The predicted octanol–water partition coefficient (Wildman–Crippen LogP) is -0.0726. The normalized spacial score (nSPS) is 15.3. The van der Waals surface area contributed by atoms with E-state index in [4.69, 9.17) is 11.6 Å². The molecule has 9 heteroatoms. The van der Waals surface area contributed by atoms with Crippen molar-refractivity contribution in [1.82, 2.24) is 14.6 Å². The zero-order valence-corrected chi connectivity index (χ0v) is 12.3. The van der Waals surface area contributed by atoms with E-state index in [0.29, 0.717) is 0 Å². The second-order valence-electron chi connectivity index (χ2n) is 4.62. The molecule has 1 heterocycles. The average molecular weight is 320 g/mol. The first-order chi connectivity index (χ1) is 9.30. The van der Waals surface area contributed by atoms with E-state index in [1.165, 1.54) is 7.05 Å². The minimum atomic E-state index is -3.87. The number of aromatic amines is 1. The molecule has 1 aliphatic rings. The minimum Gasteiger partial charge on any atom is -0.352 e. The third-order valence-electron chi connectivity index (χ3n) is 2.85. The lowest BCUT2D eigenvalue weighted by Gasteiger charge is -2.16. The summed E-state index contributed by atoms with van der Waals surface area (Å²) in [5.41, 5.74) is -0.570. The van der Waals surface area contributed by atoms with Gasteiger partial charge in [0.15, 0.2) is 0 Å². The van der Waals surface area contributed by atoms with Crippen molar-refractivity contribution in [2.24, 2.45) is 0 Å². The molecule has 0 bridgehead atoms. The zero-order valence-electron chi connectivity index (χ0n) is 10.7. The first kappa shape index (κ1) is 15.0. The summed E-state index contributed by atoms with van der Waals surface area (Å²) in [6.45, 7) is -0.282. The summed E-state index contributed by atoms with van der Waals surface area (Å²) < 4.78 is 25.3. The maximum absolute atomic E-state index is 12.2. The van der Waals surface area contributed by atoms with Crippen LogP contribution in [0.15, 0.2) is 22.0 Å². The van der Waals surface area contributed by atoms with Gasteiger partial charge in [0.25, 0.3) is 5.56 Å². The van der Waals surface area contributed by atoms with Crippen molar-refractivity contribution in [2.45, 2.75) is 23.8 Å². The van der Waals surface area contributed by atoms with Crippen molar-refractivity contribution >= 4 is 27.5 Å². The second kappa shape index (κ2) is 5.55. The topological polar surface area (TPSA) is 99.3 Å². The molecule has 7 nitrogen and oxygen atoms in total. The van der Waals surface area contributed by atoms with Crippen LogP contribution < -0.4 is 10.9 Å². The number of amides is 1. The highest BCUT2D eigenvalue weighted by Gasteiger charge is 2.27. The quantitative estimate of drug-likeness (QED) is 0.793. The molecule has 1 fully saturated rings. The molecule has 0 unspecified atom stereocenters. The number of halogens is 1. The van der Waals surface area contributed by atoms with Crippen LogP contribution in [0, 0.1) is 0 Å². The molecular formula is C11H14ClN3O4S. The zero-order chi connectivity index (χ0) is 14.9. The van der Waals surface area contributed by atoms with Gasteiger partial charge in [-0.05, 0) is 18.9 Å². The average Bonchev–Trinajstić information content (AvgIpc) is 3.16. The number of likely N-dealkylation sites (N-methyl/N-ethyl adjacent to an activating group) is 1. The van der Waals surface area contributed by atoms with E-state index in [0.717, 1.165) is 29.4 Å². The molecular weight excluding hydrogens is 306 g/mol. The monoisotopic (exact) mass is 319 g/mol. The van der Waals surface area contributed by atoms with Crippen LogP contribution in [-0.2, 0) is 14.8 Å². The van der Waals surface area contributed by atoms with Gasteiger partial charge in [0.1, 0.15) is 5.02 Å². The van der Waals surface area contributed by atoms with Crippen LogP contribution in [0.25, 0.3) is 0 Å². The molecule has 110 valence electrons. The van der Waals surface area contributed by atoms with Crippen LogP contribution in [0.3, 0.4) is 0 Å². The van der Waals surface area contributed by atoms with Gasteiger partial charge in [0.05, 0.1) is 11.4 Å². The highest BCUT2D eigenvalue weighted by Crippen LogP contribution is 2.19. The van der Waals surface area contributed by atoms with Gasteiger partial charge in [-0.1, -0.05) is 11.6 Å². The van der Waals surface area contributed by atoms with Crippen LogP contribution in [0.5, 0.6) is 0 Å². The van der Waals surface area contributed by atoms with Crippen molar-refractivity contribution in [2.75, 3.05) is 13.6 Å². The van der Waals surface area contributed by atoms with Crippen molar-refractivity contribution in [1.29, 1.82) is 0 Å². The van der Waals surface area contributed by atoms with Gasteiger partial charge >= 0.3 is 0 Å². The first-order valence-electron chi connectivity index (χ1n) is 5.94. The fourth-order valence-corrected chi connectivity index (χ4v) is 2.91. The largest absolute Gasteiger partial charge is 0.352 e. The number of carbonyl (C=O) groups is 1. The third-order valence-corrected chi connectivity index (χ3v) is 4.91. The maximum atomic E-state index is 12.2. The Morgan fingerprint density at radius 3 is 2.75 bits per heavy atom. The van der Waals surface area contributed by atoms with Gasteiger partial charge in [0.2, 0.25) is 15.9 Å². The minimum absolute atomic E-state index is 0.163. The van der Waals surface area contributed by atoms with Crippen LogP contribution in [0.1, 0.15) is 12.8 Å². The van der Waals surface area contributed by atoms with E-state index in [9.17, 15) is 18.0 Å². The molecule has 1 amide bonds. The van der Waals surface area contributed by atoms with Crippen LogP contribution in [0.2, 0.25) is 5.02 Å². The predicted molar refractivity (Wildman–Crippen MR) is 73.1 cm³/mol. The molecule has 20 heavy (non-hydrogen) atoms. The summed E-state index contributed by atoms with van der Waals surface area (Å²) in [7, 11) is -2.58. The lowest BCUT2D eigenvalue weighted by Crippen LogP contribution is -2.39. The van der Waals surface area contributed by atoms with E-state index < -0.39 is 15.6 Å². The Kier molecular flexibility index (Phi) is 4.17. The van der Waals surface area contributed by atoms with Crippen LogP contribution >= 0.6 is 11.6 Å². The summed E-state index contributed by atoms with van der Waals surface area (Å²) in [5.74, 6) is -0.353. The number of rotatable bonds is 5. The number of carbonyl (C=O) groups excluding carboxylic acids is 1. The lowest BCUT2D eigenvalue weighted by atomic mass is 10.5. The highest BCUT2D eigenvalue weighted by molar-refractivity contribution is 7.89. The van der Waals surface area contributed by atoms with E-state index >= 15 is 0 Å². The molecule has 1 aliphatic carbocycles. The smallest absolute Gasteiger partial charge is 0.266 e. The van der Waals surface area contributed by atoms with Crippen molar-refractivity contribution < 1.29 is 13.2 Å². The van der Waals surface area contributed by atoms with Crippen LogP contribution in [0.4, 0.5) is 0 Å². The van der Waals surface area contributed by atoms with E-state index in [-0.39, 0.29) is 28.4 Å². The molecule has 2 N–H and O–H groups in total. The first-order valence-corrected chi connectivity index (χ1v) is 7.76. The molecule has 0 radical (unpaired) electrons. The Bertz CT molecular complexity index is 681. The van der Waals surface area contributed by atoms with Crippen molar-refractivity contribution in [3.63, 3.8) is 0 Å². The van der Waals surface area contributed by atoms with Gasteiger partial charge in [-0.25, -0.2) is 8.42 Å². The molecule has 0 atom stereocenters. The van der Waals surface area contributed by atoms with E-state index in [1.807, 2.05) is 0 Å². The molecule has 1 saturated carbocycles. The Labute approximate surface area is 121 Å². The Morgan fingerprint density at radius 1 is 1.55 bits per heavy atom. The van der Waals surface area contributed by atoms with E-state index in [1.54, 1.807) is 0 Å². The molecule has 0 aliphatic heterocycles. The summed E-state index contributed by atoms with van der Waals surface area (Å²) in [6, 6.07) is 1.23. The Balaban J connectivity index is 2.13. The molecule has 1 aromatic rings. The molecule has 1 aromatic heterocycles. The molecule has 0 spiro atoms. The number of nitrogens with zero attached hydrogens (tertiary/aromatic N) is 1. The fraction of sp³-hybridized carbons (Fsp3) is 0.455. The summed E-state index contributed by atoms with van der Waals surface area (Å²) in [6.07, 6.45) is 2.91. The standard InChI is InChI=1S/C11H14ClN3O4S/c1-15(6-10(16)14-7-2-3-7)20(18,19)8-4-9(12)11(17)13-5-8/h4-5,7H,2-3,6H2,1H3,(H,13,17)(H,14,16). The van der Waals surface area contributed by atoms with Gasteiger partial charge < -0.3 is 10.3 Å². The number of sulfonamides is 1. The summed E-state index contributed by atoms with van der Waals surface area (Å²) >= 11 is 5.60. The summed E-state index contributed by atoms with van der Waals surface area (Å²) in [5, 5.41) is 2.48. The van der Waals surface area contributed by atoms with Crippen LogP contribution in [-0.4, -0.2) is 43.2 Å². The van der Waals surface area contributed by atoms with Gasteiger partial charge in [-0.15, -0.1) is 0 Å². The molecule has 2 rings (SSSR count). The lowest BCUT2D eigenvalue weighted by molar-refractivity contribution is -0.121. The number of aromatic nitrogens is 1. The number of pyridine rings is 1. The van der Waals surface area contributed by atoms with Gasteiger partial charge in [-0.3, -0.25) is 9.59 Å². The number of H-pyrrole nitrogens is 1. The molecule has 0 saturated heterocycles. The SMILES string of the molecule is CN(CC(=O)NC1CC1)S(=O)(=O)c1c[nH]c(=O)c(Cl)c1. The number of hydrogen-bond donors (Lipinski definition) is 2. The third kappa shape index (κ3) is 3.38. The summed E-state index contributed by atoms with van der Waals surface area (Å²) in [4.78, 5) is 24.8. The highest BCUT2D eigenvalue weighted by atomic mass is 35.5. The van der Waals surface area contributed by atoms with Gasteiger partial charge in [0, 0.05) is 19.3 Å². The fourth-order valence-electron chi connectivity index (χ4n) is 1.55. The van der Waals surface area contributed by atoms with Crippen molar-refractivity contribution in [3.8, 4) is 0 Å².